The minimum absolute atomic E-state index is 0.631. The Hall–Kier alpha value is -1.26. The van der Waals surface area contributed by atoms with Gasteiger partial charge in [-0.15, -0.1) is 0 Å². The number of nitrogen functional groups attached to an aromatic ring is 1. The number of hydrogen-bond acceptors (Lipinski definition) is 4. The fraction of sp³-hybridized carbons (Fsp3) is 0.600. The normalized spacial score (nSPS) is 24.1. The summed E-state index contributed by atoms with van der Waals surface area (Å²) < 4.78 is 5.27. The average Bonchev–Trinajstić information content (AvgIpc) is 2.73. The number of anilines is 1. The predicted octanol–water partition coefficient (Wildman–Crippen LogP) is 1.66. The molecule has 1 aliphatic heterocycles. The van der Waals surface area contributed by atoms with E-state index in [1.54, 1.807) is 7.11 Å². The molecule has 2 rings (SSSR count). The maximum Gasteiger partial charge on any atom is 0.119 e. The Morgan fingerprint density at radius 2 is 2.11 bits per heavy atom. The number of nitrogens with two attached hydrogens (primary N) is 1. The quantitative estimate of drug-likeness (QED) is 0.839. The zero-order chi connectivity index (χ0) is 14.0. The second kappa shape index (κ2) is 5.80. The zero-order valence-corrected chi connectivity index (χ0v) is 12.4. The molecule has 0 aromatic heterocycles. The first kappa shape index (κ1) is 14.2. The molecule has 4 nitrogen and oxygen atoms in total. The van der Waals surface area contributed by atoms with Gasteiger partial charge in [0.2, 0.25) is 0 Å². The molecule has 106 valence electrons. The first-order chi connectivity index (χ1) is 9.01. The van der Waals surface area contributed by atoms with Gasteiger partial charge < -0.3 is 15.4 Å². The highest BCUT2D eigenvalue weighted by Crippen LogP contribution is 2.25. The van der Waals surface area contributed by atoms with E-state index in [4.69, 9.17) is 10.5 Å². The third kappa shape index (κ3) is 3.19. The second-order valence-electron chi connectivity index (χ2n) is 5.77. The third-order valence-corrected chi connectivity index (χ3v) is 4.06. The first-order valence-electron chi connectivity index (χ1n) is 6.82. The van der Waals surface area contributed by atoms with Gasteiger partial charge in [0.15, 0.2) is 0 Å². The molecule has 0 aliphatic carbocycles. The highest BCUT2D eigenvalue weighted by Gasteiger charge is 2.30. The van der Waals surface area contributed by atoms with E-state index >= 15 is 0 Å². The van der Waals surface area contributed by atoms with Gasteiger partial charge in [0.1, 0.15) is 5.75 Å². The molecule has 1 aromatic carbocycles. The van der Waals surface area contributed by atoms with Gasteiger partial charge in [-0.05, 0) is 43.8 Å². The van der Waals surface area contributed by atoms with E-state index in [-0.39, 0.29) is 0 Å². The molecule has 1 aliphatic rings. The smallest absolute Gasteiger partial charge is 0.119 e. The van der Waals surface area contributed by atoms with Gasteiger partial charge in [-0.1, -0.05) is 6.92 Å². The molecule has 0 bridgehead atoms. The highest BCUT2D eigenvalue weighted by molar-refractivity contribution is 5.50. The summed E-state index contributed by atoms with van der Waals surface area (Å²) in [6.45, 7) is 5.45. The Kier molecular flexibility index (Phi) is 4.32. The maximum atomic E-state index is 6.06. The molecule has 0 spiro atoms. The fourth-order valence-electron chi connectivity index (χ4n) is 2.94. The monoisotopic (exact) mass is 263 g/mol. The summed E-state index contributed by atoms with van der Waals surface area (Å²) >= 11 is 0. The molecule has 4 heteroatoms. The molecule has 0 radical (unpaired) electrons. The molecule has 0 saturated carbocycles. The zero-order valence-electron chi connectivity index (χ0n) is 12.4. The van der Waals surface area contributed by atoms with Crippen molar-refractivity contribution in [2.24, 2.45) is 5.92 Å². The van der Waals surface area contributed by atoms with Crippen molar-refractivity contribution in [1.29, 1.82) is 0 Å². The van der Waals surface area contributed by atoms with Gasteiger partial charge in [-0.2, -0.15) is 0 Å². The third-order valence-electron chi connectivity index (χ3n) is 4.06. The Morgan fingerprint density at radius 3 is 2.68 bits per heavy atom. The van der Waals surface area contributed by atoms with Crippen LogP contribution in [-0.4, -0.2) is 50.1 Å². The number of rotatable bonds is 4. The van der Waals surface area contributed by atoms with Crippen LogP contribution in [-0.2, 0) is 6.54 Å². The van der Waals surface area contributed by atoms with Gasteiger partial charge in [0, 0.05) is 31.4 Å². The molecular weight excluding hydrogens is 238 g/mol. The molecule has 2 N–H and O–H groups in total. The summed E-state index contributed by atoms with van der Waals surface area (Å²) in [5, 5.41) is 0. The van der Waals surface area contributed by atoms with Crippen molar-refractivity contribution in [3.8, 4) is 5.75 Å². The lowest BCUT2D eigenvalue weighted by molar-refractivity contribution is 0.250. The van der Waals surface area contributed by atoms with Gasteiger partial charge in [-0.3, -0.25) is 4.90 Å². The lowest BCUT2D eigenvalue weighted by atomic mass is 10.1. The fourth-order valence-corrected chi connectivity index (χ4v) is 2.94. The van der Waals surface area contributed by atoms with E-state index < -0.39 is 0 Å². The molecule has 2 atom stereocenters. The van der Waals surface area contributed by atoms with Crippen molar-refractivity contribution in [3.63, 3.8) is 0 Å². The topological polar surface area (TPSA) is 41.7 Å². The van der Waals surface area contributed by atoms with Crippen LogP contribution in [0.3, 0.4) is 0 Å². The van der Waals surface area contributed by atoms with Crippen LogP contribution in [0.2, 0.25) is 0 Å². The molecular formula is C15H25N3O. The number of nitrogens with zero attached hydrogens (tertiary/aromatic N) is 2. The second-order valence-corrected chi connectivity index (χ2v) is 5.77. The highest BCUT2D eigenvalue weighted by atomic mass is 16.5. The summed E-state index contributed by atoms with van der Waals surface area (Å²) in [7, 11) is 6.00. The number of hydrogen-bond donors (Lipinski definition) is 1. The van der Waals surface area contributed by atoms with Crippen molar-refractivity contribution in [3.05, 3.63) is 23.8 Å². The number of methoxy groups -OCH3 is 1. The van der Waals surface area contributed by atoms with Crippen LogP contribution in [0, 0.1) is 5.92 Å². The Morgan fingerprint density at radius 1 is 1.37 bits per heavy atom. The molecule has 1 heterocycles. The molecule has 1 fully saturated rings. The summed E-state index contributed by atoms with van der Waals surface area (Å²) in [5.41, 5.74) is 8.07. The molecule has 19 heavy (non-hydrogen) atoms. The van der Waals surface area contributed by atoms with Crippen molar-refractivity contribution in [1.82, 2.24) is 9.80 Å². The summed E-state index contributed by atoms with van der Waals surface area (Å²) in [6, 6.07) is 6.51. The van der Waals surface area contributed by atoms with Crippen molar-refractivity contribution < 1.29 is 4.74 Å². The molecule has 1 aromatic rings. The molecule has 0 amide bonds. The van der Waals surface area contributed by atoms with Crippen LogP contribution in [0.15, 0.2) is 18.2 Å². The van der Waals surface area contributed by atoms with Gasteiger partial charge in [-0.25, -0.2) is 0 Å². The van der Waals surface area contributed by atoms with E-state index in [0.717, 1.165) is 36.6 Å². The number of ether oxygens (including phenoxy) is 1. The largest absolute Gasteiger partial charge is 0.497 e. The van der Waals surface area contributed by atoms with Crippen LogP contribution >= 0.6 is 0 Å². The standard InChI is InChI=1S/C15H25N3O/c1-11-8-18(10-15(11)17(2)3)9-12-7-13(19-4)5-6-14(12)16/h5-7,11,15H,8-10,16H2,1-4H3. The van der Waals surface area contributed by atoms with E-state index in [1.807, 2.05) is 18.2 Å². The van der Waals surface area contributed by atoms with E-state index in [0.29, 0.717) is 12.0 Å². The Labute approximate surface area is 116 Å². The van der Waals surface area contributed by atoms with Crippen molar-refractivity contribution in [2.45, 2.75) is 19.5 Å². The van der Waals surface area contributed by atoms with Crippen LogP contribution in [0.5, 0.6) is 5.75 Å². The van der Waals surface area contributed by atoms with Gasteiger partial charge >= 0.3 is 0 Å². The predicted molar refractivity (Wildman–Crippen MR) is 79.3 cm³/mol. The van der Waals surface area contributed by atoms with E-state index in [1.165, 1.54) is 0 Å². The summed E-state index contributed by atoms with van der Waals surface area (Å²) in [6.07, 6.45) is 0. The van der Waals surface area contributed by atoms with Gasteiger partial charge in [0.05, 0.1) is 7.11 Å². The maximum absolute atomic E-state index is 6.06. The molecule has 2 unspecified atom stereocenters. The van der Waals surface area contributed by atoms with Gasteiger partial charge in [0.25, 0.3) is 0 Å². The Balaban J connectivity index is 2.06. The number of likely N-dealkylation sites (N-methyl/N-ethyl adjacent to an activating group) is 1. The summed E-state index contributed by atoms with van der Waals surface area (Å²) in [5.74, 6) is 1.57. The number of likely N-dealkylation sites (tertiary alicyclic amines) is 1. The average molecular weight is 263 g/mol. The first-order valence-corrected chi connectivity index (χ1v) is 6.82. The minimum atomic E-state index is 0.631. The van der Waals surface area contributed by atoms with Crippen LogP contribution in [0.25, 0.3) is 0 Å². The Bertz CT molecular complexity index is 433. The number of benzene rings is 1. The lowest BCUT2D eigenvalue weighted by Crippen LogP contribution is -2.34. The van der Waals surface area contributed by atoms with E-state index in [9.17, 15) is 0 Å². The van der Waals surface area contributed by atoms with Crippen LogP contribution < -0.4 is 10.5 Å². The van der Waals surface area contributed by atoms with Crippen molar-refractivity contribution in [2.75, 3.05) is 40.0 Å². The van der Waals surface area contributed by atoms with Crippen LogP contribution in [0.4, 0.5) is 5.69 Å². The summed E-state index contributed by atoms with van der Waals surface area (Å²) in [4.78, 5) is 4.79. The lowest BCUT2D eigenvalue weighted by Gasteiger charge is -2.22. The van der Waals surface area contributed by atoms with E-state index in [2.05, 4.69) is 30.8 Å². The minimum Gasteiger partial charge on any atom is -0.497 e. The molecule has 1 saturated heterocycles. The van der Waals surface area contributed by atoms with Crippen LogP contribution in [0.1, 0.15) is 12.5 Å². The van der Waals surface area contributed by atoms with Crippen molar-refractivity contribution >= 4 is 5.69 Å². The SMILES string of the molecule is COc1ccc(N)c(CN2CC(C)C(N(C)C)C2)c1.